The second kappa shape index (κ2) is 6.52. The molecule has 18 heavy (non-hydrogen) atoms. The molecule has 4 nitrogen and oxygen atoms in total. The molecule has 0 aliphatic carbocycles. The summed E-state index contributed by atoms with van der Waals surface area (Å²) in [6, 6.07) is 7.68. The van der Waals surface area contributed by atoms with Crippen LogP contribution in [0.3, 0.4) is 0 Å². The molecule has 0 saturated carbocycles. The van der Waals surface area contributed by atoms with E-state index in [0.717, 1.165) is 6.54 Å². The number of nitrogen functional groups attached to an aromatic ring is 1. The van der Waals surface area contributed by atoms with Crippen LogP contribution in [0.1, 0.15) is 41.6 Å². The summed E-state index contributed by atoms with van der Waals surface area (Å²) in [6.07, 6.45) is 5.31. The standard InChI is InChI=1S/C14H21N3O/c15-16-14(18)13-7-5-12(6-8-13)11-17-9-3-1-2-4-10-17/h5-8H,1-4,9-11,15H2,(H,16,18). The fourth-order valence-electron chi connectivity index (χ4n) is 2.40. The second-order valence-electron chi connectivity index (χ2n) is 4.86. The summed E-state index contributed by atoms with van der Waals surface area (Å²) >= 11 is 0. The molecule has 0 aromatic heterocycles. The highest BCUT2D eigenvalue weighted by Gasteiger charge is 2.10. The number of likely N-dealkylation sites (tertiary alicyclic amines) is 1. The van der Waals surface area contributed by atoms with Gasteiger partial charge in [-0.1, -0.05) is 25.0 Å². The predicted octanol–water partition coefficient (Wildman–Crippen LogP) is 1.67. The Hall–Kier alpha value is -1.39. The molecule has 4 heteroatoms. The van der Waals surface area contributed by atoms with Crippen LogP contribution in [0.5, 0.6) is 0 Å². The van der Waals surface area contributed by atoms with E-state index in [-0.39, 0.29) is 5.91 Å². The molecular formula is C14H21N3O. The molecule has 1 heterocycles. The van der Waals surface area contributed by atoms with Gasteiger partial charge in [-0.05, 0) is 43.6 Å². The number of nitrogens with two attached hydrogens (primary N) is 1. The lowest BCUT2D eigenvalue weighted by atomic mass is 10.1. The van der Waals surface area contributed by atoms with Gasteiger partial charge in [-0.2, -0.15) is 0 Å². The van der Waals surface area contributed by atoms with E-state index in [9.17, 15) is 4.79 Å². The molecule has 0 atom stereocenters. The molecule has 98 valence electrons. The number of hydrogen-bond donors (Lipinski definition) is 2. The number of nitrogens with zero attached hydrogens (tertiary/aromatic N) is 1. The molecule has 1 aromatic rings. The normalized spacial score (nSPS) is 17.2. The molecule has 1 aliphatic rings. The van der Waals surface area contributed by atoms with Crippen LogP contribution in [0.15, 0.2) is 24.3 Å². The van der Waals surface area contributed by atoms with Gasteiger partial charge in [0.15, 0.2) is 0 Å². The average Bonchev–Trinajstić information content (AvgIpc) is 2.67. The Kier molecular flexibility index (Phi) is 4.73. The Labute approximate surface area is 108 Å². The number of nitrogens with one attached hydrogen (secondary N) is 1. The zero-order valence-corrected chi connectivity index (χ0v) is 10.7. The summed E-state index contributed by atoms with van der Waals surface area (Å²) in [5.41, 5.74) is 4.00. The van der Waals surface area contributed by atoms with E-state index in [0.29, 0.717) is 5.56 Å². The highest BCUT2D eigenvalue weighted by molar-refractivity contribution is 5.93. The van der Waals surface area contributed by atoms with Crippen molar-refractivity contribution in [3.8, 4) is 0 Å². The summed E-state index contributed by atoms with van der Waals surface area (Å²) in [6.45, 7) is 3.35. The van der Waals surface area contributed by atoms with Crippen LogP contribution in [0.2, 0.25) is 0 Å². The summed E-state index contributed by atoms with van der Waals surface area (Å²) in [5.74, 6) is 4.86. The largest absolute Gasteiger partial charge is 0.299 e. The number of benzene rings is 1. The fourth-order valence-corrected chi connectivity index (χ4v) is 2.40. The molecule has 0 bridgehead atoms. The second-order valence-corrected chi connectivity index (χ2v) is 4.86. The van der Waals surface area contributed by atoms with Crippen molar-refractivity contribution in [2.45, 2.75) is 32.2 Å². The molecule has 1 aromatic carbocycles. The third-order valence-electron chi connectivity index (χ3n) is 3.45. The van der Waals surface area contributed by atoms with Crippen molar-refractivity contribution in [1.29, 1.82) is 0 Å². The average molecular weight is 247 g/mol. The SMILES string of the molecule is NNC(=O)c1ccc(CN2CCCCCC2)cc1. The van der Waals surface area contributed by atoms with Gasteiger partial charge in [0, 0.05) is 12.1 Å². The topological polar surface area (TPSA) is 58.4 Å². The van der Waals surface area contributed by atoms with E-state index in [1.54, 1.807) is 0 Å². The summed E-state index contributed by atoms with van der Waals surface area (Å²) < 4.78 is 0. The van der Waals surface area contributed by atoms with E-state index < -0.39 is 0 Å². The van der Waals surface area contributed by atoms with Gasteiger partial charge < -0.3 is 0 Å². The van der Waals surface area contributed by atoms with Gasteiger partial charge in [-0.15, -0.1) is 0 Å². The van der Waals surface area contributed by atoms with Crippen LogP contribution >= 0.6 is 0 Å². The van der Waals surface area contributed by atoms with Gasteiger partial charge in [0.1, 0.15) is 0 Å². The van der Waals surface area contributed by atoms with Gasteiger partial charge in [0.25, 0.3) is 5.91 Å². The number of hydrazine groups is 1. The third-order valence-corrected chi connectivity index (χ3v) is 3.45. The van der Waals surface area contributed by atoms with Crippen LogP contribution in [0, 0.1) is 0 Å². The number of amides is 1. The maximum absolute atomic E-state index is 11.3. The van der Waals surface area contributed by atoms with Crippen molar-refractivity contribution >= 4 is 5.91 Å². The van der Waals surface area contributed by atoms with E-state index in [1.807, 2.05) is 24.3 Å². The van der Waals surface area contributed by atoms with Crippen LogP contribution in [0.4, 0.5) is 0 Å². The van der Waals surface area contributed by atoms with Gasteiger partial charge in [0.2, 0.25) is 0 Å². The van der Waals surface area contributed by atoms with Gasteiger partial charge in [-0.25, -0.2) is 5.84 Å². The van der Waals surface area contributed by atoms with E-state index in [2.05, 4.69) is 10.3 Å². The van der Waals surface area contributed by atoms with Crippen LogP contribution in [0.25, 0.3) is 0 Å². The van der Waals surface area contributed by atoms with E-state index >= 15 is 0 Å². The number of carbonyl (C=O) groups excluding carboxylic acids is 1. The van der Waals surface area contributed by atoms with Crippen molar-refractivity contribution in [3.05, 3.63) is 35.4 Å². The van der Waals surface area contributed by atoms with Crippen molar-refractivity contribution < 1.29 is 4.79 Å². The molecule has 0 spiro atoms. The highest BCUT2D eigenvalue weighted by atomic mass is 16.2. The maximum Gasteiger partial charge on any atom is 0.265 e. The molecule has 1 saturated heterocycles. The Morgan fingerprint density at radius 2 is 1.72 bits per heavy atom. The summed E-state index contributed by atoms with van der Waals surface area (Å²) in [7, 11) is 0. The highest BCUT2D eigenvalue weighted by Crippen LogP contribution is 2.13. The molecule has 1 fully saturated rings. The maximum atomic E-state index is 11.3. The predicted molar refractivity (Wildman–Crippen MR) is 71.8 cm³/mol. The Balaban J connectivity index is 1.94. The Morgan fingerprint density at radius 1 is 1.11 bits per heavy atom. The molecule has 3 N–H and O–H groups in total. The first-order valence-corrected chi connectivity index (χ1v) is 6.62. The zero-order chi connectivity index (χ0) is 12.8. The van der Waals surface area contributed by atoms with E-state index in [1.165, 1.54) is 44.3 Å². The van der Waals surface area contributed by atoms with Crippen molar-refractivity contribution in [1.82, 2.24) is 10.3 Å². The van der Waals surface area contributed by atoms with Crippen LogP contribution in [-0.4, -0.2) is 23.9 Å². The van der Waals surface area contributed by atoms with Crippen molar-refractivity contribution in [3.63, 3.8) is 0 Å². The molecule has 0 radical (unpaired) electrons. The minimum atomic E-state index is -0.240. The molecule has 1 aliphatic heterocycles. The lowest BCUT2D eigenvalue weighted by Crippen LogP contribution is -2.30. The molecular weight excluding hydrogens is 226 g/mol. The third kappa shape index (κ3) is 3.55. The first-order chi connectivity index (χ1) is 8.79. The minimum Gasteiger partial charge on any atom is -0.299 e. The quantitative estimate of drug-likeness (QED) is 0.485. The number of carbonyl (C=O) groups is 1. The molecule has 0 unspecified atom stereocenters. The lowest BCUT2D eigenvalue weighted by Gasteiger charge is -2.19. The first-order valence-electron chi connectivity index (χ1n) is 6.62. The first kappa shape index (κ1) is 13.1. The smallest absolute Gasteiger partial charge is 0.265 e. The molecule has 2 rings (SSSR count). The lowest BCUT2D eigenvalue weighted by molar-refractivity contribution is 0.0953. The summed E-state index contributed by atoms with van der Waals surface area (Å²) in [5, 5.41) is 0. The zero-order valence-electron chi connectivity index (χ0n) is 10.7. The van der Waals surface area contributed by atoms with Crippen LogP contribution < -0.4 is 11.3 Å². The Bertz CT molecular complexity index is 381. The number of rotatable bonds is 3. The number of hydrogen-bond acceptors (Lipinski definition) is 3. The van der Waals surface area contributed by atoms with Crippen molar-refractivity contribution in [2.24, 2.45) is 5.84 Å². The molecule has 1 amide bonds. The van der Waals surface area contributed by atoms with E-state index in [4.69, 9.17) is 5.84 Å². The monoisotopic (exact) mass is 247 g/mol. The fraction of sp³-hybridized carbons (Fsp3) is 0.500. The van der Waals surface area contributed by atoms with Crippen LogP contribution in [-0.2, 0) is 6.54 Å². The van der Waals surface area contributed by atoms with Gasteiger partial charge in [0.05, 0.1) is 0 Å². The Morgan fingerprint density at radius 3 is 2.28 bits per heavy atom. The summed E-state index contributed by atoms with van der Waals surface area (Å²) in [4.78, 5) is 13.8. The van der Waals surface area contributed by atoms with Gasteiger partial charge in [-0.3, -0.25) is 15.1 Å². The van der Waals surface area contributed by atoms with Crippen molar-refractivity contribution in [2.75, 3.05) is 13.1 Å². The van der Waals surface area contributed by atoms with Gasteiger partial charge >= 0.3 is 0 Å². The minimum absolute atomic E-state index is 0.240.